The minimum atomic E-state index is 0.0630. The summed E-state index contributed by atoms with van der Waals surface area (Å²) >= 11 is 0. The number of fused-ring (bicyclic) bond motifs is 1. The van der Waals surface area contributed by atoms with E-state index < -0.39 is 0 Å². The molecule has 2 unspecified atom stereocenters. The summed E-state index contributed by atoms with van der Waals surface area (Å²) in [6, 6.07) is 8.51. The molecule has 4 atom stereocenters. The van der Waals surface area contributed by atoms with Crippen molar-refractivity contribution in [3.05, 3.63) is 24.3 Å². The van der Waals surface area contributed by atoms with Gasteiger partial charge in [0.05, 0.1) is 6.61 Å². The van der Waals surface area contributed by atoms with E-state index in [4.69, 9.17) is 9.47 Å². The fourth-order valence-electron chi connectivity index (χ4n) is 4.54. The van der Waals surface area contributed by atoms with Crippen LogP contribution in [0.2, 0.25) is 0 Å². The van der Waals surface area contributed by atoms with Crippen molar-refractivity contribution in [1.82, 2.24) is 9.80 Å². The average Bonchev–Trinajstić information content (AvgIpc) is 3.19. The molecule has 0 N–H and O–H groups in total. The lowest BCUT2D eigenvalue weighted by Crippen LogP contribution is -2.39. The van der Waals surface area contributed by atoms with Crippen LogP contribution in [0.1, 0.15) is 32.6 Å². The molecule has 1 aromatic rings. The van der Waals surface area contributed by atoms with Crippen molar-refractivity contribution in [1.29, 1.82) is 0 Å². The summed E-state index contributed by atoms with van der Waals surface area (Å²) in [4.78, 5) is 16.8. The van der Waals surface area contributed by atoms with E-state index in [1.165, 1.54) is 12.8 Å². The molecule has 5 heteroatoms. The summed E-state index contributed by atoms with van der Waals surface area (Å²) < 4.78 is 11.1. The van der Waals surface area contributed by atoms with Crippen molar-refractivity contribution in [2.75, 3.05) is 34.4 Å². The molecule has 144 valence electrons. The van der Waals surface area contributed by atoms with E-state index in [9.17, 15) is 4.79 Å². The van der Waals surface area contributed by atoms with E-state index in [-0.39, 0.29) is 12.5 Å². The SMILES string of the molecule is CCOc1ccc(OCC(=O)N(C)C2C[C@H]3CC(N(C)C)C[C@H]3C2)cc1. The van der Waals surface area contributed by atoms with Crippen molar-refractivity contribution in [3.8, 4) is 11.5 Å². The van der Waals surface area contributed by atoms with Gasteiger partial charge in [0, 0.05) is 19.1 Å². The monoisotopic (exact) mass is 360 g/mol. The van der Waals surface area contributed by atoms with Gasteiger partial charge in [-0.15, -0.1) is 0 Å². The van der Waals surface area contributed by atoms with Crippen LogP contribution < -0.4 is 9.47 Å². The number of likely N-dealkylation sites (N-methyl/N-ethyl adjacent to an activating group) is 1. The van der Waals surface area contributed by atoms with Crippen LogP contribution in [0.5, 0.6) is 11.5 Å². The Morgan fingerprint density at radius 1 is 0.923 bits per heavy atom. The van der Waals surface area contributed by atoms with E-state index in [0.29, 0.717) is 18.4 Å². The van der Waals surface area contributed by atoms with Crippen molar-refractivity contribution < 1.29 is 14.3 Å². The minimum absolute atomic E-state index is 0.0630. The first-order chi connectivity index (χ1) is 12.5. The highest BCUT2D eigenvalue weighted by Crippen LogP contribution is 2.46. The second-order valence-electron chi connectivity index (χ2n) is 7.93. The maximum absolute atomic E-state index is 12.5. The summed E-state index contributed by atoms with van der Waals surface area (Å²) in [5, 5.41) is 0. The van der Waals surface area contributed by atoms with E-state index >= 15 is 0 Å². The van der Waals surface area contributed by atoms with Crippen LogP contribution in [0.3, 0.4) is 0 Å². The lowest BCUT2D eigenvalue weighted by molar-refractivity contribution is -0.134. The van der Waals surface area contributed by atoms with E-state index in [0.717, 1.165) is 36.5 Å². The molecule has 26 heavy (non-hydrogen) atoms. The lowest BCUT2D eigenvalue weighted by Gasteiger charge is -2.27. The van der Waals surface area contributed by atoms with Gasteiger partial charge in [-0.3, -0.25) is 4.79 Å². The van der Waals surface area contributed by atoms with Gasteiger partial charge < -0.3 is 19.3 Å². The smallest absolute Gasteiger partial charge is 0.260 e. The third kappa shape index (κ3) is 4.32. The number of carbonyl (C=O) groups is 1. The largest absolute Gasteiger partial charge is 0.494 e. The van der Waals surface area contributed by atoms with Crippen molar-refractivity contribution in [2.45, 2.75) is 44.7 Å². The number of amides is 1. The third-order valence-electron chi connectivity index (χ3n) is 6.13. The van der Waals surface area contributed by atoms with Crippen LogP contribution in [0.25, 0.3) is 0 Å². The number of ether oxygens (including phenoxy) is 2. The highest BCUT2D eigenvalue weighted by atomic mass is 16.5. The summed E-state index contributed by atoms with van der Waals surface area (Å²) in [7, 11) is 6.28. The van der Waals surface area contributed by atoms with Gasteiger partial charge in [-0.25, -0.2) is 0 Å². The molecule has 2 fully saturated rings. The van der Waals surface area contributed by atoms with Crippen LogP contribution in [-0.4, -0.2) is 62.1 Å². The molecule has 0 aromatic heterocycles. The Balaban J connectivity index is 1.45. The Morgan fingerprint density at radius 2 is 1.42 bits per heavy atom. The molecular weight excluding hydrogens is 328 g/mol. The third-order valence-corrected chi connectivity index (χ3v) is 6.13. The first kappa shape index (κ1) is 19.0. The number of carbonyl (C=O) groups excluding carboxylic acids is 1. The van der Waals surface area contributed by atoms with Gasteiger partial charge in [-0.1, -0.05) is 0 Å². The predicted molar refractivity (Wildman–Crippen MR) is 103 cm³/mol. The standard InChI is InChI=1S/C21H32N2O3/c1-5-25-19-6-8-20(9-7-19)26-14-21(24)23(4)18-12-15-10-17(22(2)3)11-16(15)13-18/h6-9,15-18H,5,10-14H2,1-4H3/t15-,16+,17?,18?. The normalized spacial score (nSPS) is 27.4. The number of nitrogens with zero attached hydrogens (tertiary/aromatic N) is 2. The number of rotatable bonds is 7. The number of hydrogen-bond acceptors (Lipinski definition) is 4. The van der Waals surface area contributed by atoms with Gasteiger partial charge in [0.15, 0.2) is 6.61 Å². The average molecular weight is 360 g/mol. The van der Waals surface area contributed by atoms with Crippen LogP contribution >= 0.6 is 0 Å². The Bertz CT molecular complexity index is 588. The molecule has 0 saturated heterocycles. The van der Waals surface area contributed by atoms with Crippen LogP contribution in [0, 0.1) is 11.8 Å². The van der Waals surface area contributed by atoms with Gasteiger partial charge in [-0.2, -0.15) is 0 Å². The zero-order valence-corrected chi connectivity index (χ0v) is 16.5. The molecule has 1 aromatic carbocycles. The molecule has 0 heterocycles. The van der Waals surface area contributed by atoms with Gasteiger partial charge in [-0.05, 0) is 82.8 Å². The zero-order valence-electron chi connectivity index (χ0n) is 16.5. The molecule has 0 bridgehead atoms. The van der Waals surface area contributed by atoms with Gasteiger partial charge in [0.25, 0.3) is 5.91 Å². The fourth-order valence-corrected chi connectivity index (χ4v) is 4.54. The first-order valence-electron chi connectivity index (χ1n) is 9.75. The quantitative estimate of drug-likeness (QED) is 0.749. The summed E-state index contributed by atoms with van der Waals surface area (Å²) in [6.45, 7) is 2.69. The zero-order chi connectivity index (χ0) is 18.7. The van der Waals surface area contributed by atoms with Crippen LogP contribution in [0.15, 0.2) is 24.3 Å². The Morgan fingerprint density at radius 3 is 1.92 bits per heavy atom. The van der Waals surface area contributed by atoms with Crippen LogP contribution in [-0.2, 0) is 4.79 Å². The van der Waals surface area contributed by atoms with Crippen molar-refractivity contribution in [2.24, 2.45) is 11.8 Å². The second kappa shape index (κ2) is 8.30. The molecule has 2 saturated carbocycles. The molecule has 0 aliphatic heterocycles. The summed E-state index contributed by atoms with van der Waals surface area (Å²) in [6.07, 6.45) is 4.83. The van der Waals surface area contributed by atoms with E-state index in [1.54, 1.807) is 0 Å². The molecule has 5 nitrogen and oxygen atoms in total. The Labute approximate surface area is 157 Å². The molecular formula is C21H32N2O3. The maximum Gasteiger partial charge on any atom is 0.260 e. The van der Waals surface area contributed by atoms with Gasteiger partial charge >= 0.3 is 0 Å². The summed E-state index contributed by atoms with van der Waals surface area (Å²) in [5.41, 5.74) is 0. The van der Waals surface area contributed by atoms with E-state index in [2.05, 4.69) is 19.0 Å². The molecule has 0 radical (unpaired) electrons. The topological polar surface area (TPSA) is 42.0 Å². The molecule has 3 rings (SSSR count). The predicted octanol–water partition coefficient (Wildman–Crippen LogP) is 3.04. The van der Waals surface area contributed by atoms with E-state index in [1.807, 2.05) is 43.1 Å². The first-order valence-corrected chi connectivity index (χ1v) is 9.75. The second-order valence-corrected chi connectivity index (χ2v) is 7.93. The fraction of sp³-hybridized carbons (Fsp3) is 0.667. The van der Waals surface area contributed by atoms with Gasteiger partial charge in [0.1, 0.15) is 11.5 Å². The molecule has 2 aliphatic carbocycles. The highest BCUT2D eigenvalue weighted by Gasteiger charge is 2.44. The highest BCUT2D eigenvalue weighted by molar-refractivity contribution is 5.77. The molecule has 1 amide bonds. The van der Waals surface area contributed by atoms with Crippen molar-refractivity contribution >= 4 is 5.91 Å². The maximum atomic E-state index is 12.5. The molecule has 2 aliphatic rings. The number of hydrogen-bond donors (Lipinski definition) is 0. The Hall–Kier alpha value is -1.75. The Kier molecular flexibility index (Phi) is 6.07. The molecule has 0 spiro atoms. The minimum Gasteiger partial charge on any atom is -0.494 e. The number of benzene rings is 1. The summed E-state index contributed by atoms with van der Waals surface area (Å²) in [5.74, 6) is 3.13. The lowest BCUT2D eigenvalue weighted by atomic mass is 10.0. The van der Waals surface area contributed by atoms with Crippen LogP contribution in [0.4, 0.5) is 0 Å². The van der Waals surface area contributed by atoms with Gasteiger partial charge in [0.2, 0.25) is 0 Å². The van der Waals surface area contributed by atoms with Crippen molar-refractivity contribution in [3.63, 3.8) is 0 Å².